The molecule has 156 valence electrons. The summed E-state index contributed by atoms with van der Waals surface area (Å²) in [6, 6.07) is 11.2. The number of hydrogen-bond acceptors (Lipinski definition) is 3. The summed E-state index contributed by atoms with van der Waals surface area (Å²) in [4.78, 5) is 24.5. The molecule has 0 saturated carbocycles. The first-order valence-corrected chi connectivity index (χ1v) is 9.86. The van der Waals surface area contributed by atoms with Crippen LogP contribution in [0.25, 0.3) is 11.9 Å². The summed E-state index contributed by atoms with van der Waals surface area (Å²) < 4.78 is 4.10. The van der Waals surface area contributed by atoms with Gasteiger partial charge in [-0.1, -0.05) is 12.1 Å². The topological polar surface area (TPSA) is 81.0 Å². The summed E-state index contributed by atoms with van der Waals surface area (Å²) in [6.07, 6.45) is 5.06. The zero-order chi connectivity index (χ0) is 21.8. The summed E-state index contributed by atoms with van der Waals surface area (Å²) in [6.45, 7) is 8.23. The SMILES string of the molecule is CNC(=O)c1ccccc1NC(=O)/C=C/c1cc(C)n(-c2ccnn2C(C)C)c1C. The van der Waals surface area contributed by atoms with Crippen molar-refractivity contribution >= 4 is 23.6 Å². The van der Waals surface area contributed by atoms with E-state index < -0.39 is 0 Å². The highest BCUT2D eigenvalue weighted by Crippen LogP contribution is 2.23. The van der Waals surface area contributed by atoms with Gasteiger partial charge in [0.05, 0.1) is 17.4 Å². The van der Waals surface area contributed by atoms with E-state index in [9.17, 15) is 9.59 Å². The lowest BCUT2D eigenvalue weighted by molar-refractivity contribution is -0.111. The summed E-state index contributed by atoms with van der Waals surface area (Å²) in [5.74, 6) is 0.437. The summed E-state index contributed by atoms with van der Waals surface area (Å²) in [7, 11) is 1.56. The second kappa shape index (κ2) is 8.82. The molecule has 3 aromatic rings. The first-order valence-electron chi connectivity index (χ1n) is 9.86. The van der Waals surface area contributed by atoms with E-state index in [4.69, 9.17) is 0 Å². The van der Waals surface area contributed by atoms with Gasteiger partial charge in [0.15, 0.2) is 0 Å². The first-order chi connectivity index (χ1) is 14.3. The lowest BCUT2D eigenvalue weighted by Crippen LogP contribution is -2.20. The molecule has 0 radical (unpaired) electrons. The molecule has 2 heterocycles. The molecule has 3 rings (SSSR count). The molecule has 0 aliphatic rings. The predicted molar refractivity (Wildman–Crippen MR) is 119 cm³/mol. The Morgan fingerprint density at radius 1 is 1.13 bits per heavy atom. The third kappa shape index (κ3) is 4.20. The van der Waals surface area contributed by atoms with E-state index in [1.54, 1.807) is 43.6 Å². The Labute approximate surface area is 176 Å². The highest BCUT2D eigenvalue weighted by atomic mass is 16.2. The number of anilines is 1. The Morgan fingerprint density at radius 3 is 2.57 bits per heavy atom. The van der Waals surface area contributed by atoms with Gasteiger partial charge in [0.2, 0.25) is 5.91 Å². The highest BCUT2D eigenvalue weighted by molar-refractivity contribution is 6.07. The Kier molecular flexibility index (Phi) is 6.20. The number of amides is 2. The van der Waals surface area contributed by atoms with Crippen molar-refractivity contribution in [1.29, 1.82) is 0 Å². The Morgan fingerprint density at radius 2 is 1.87 bits per heavy atom. The van der Waals surface area contributed by atoms with Crippen LogP contribution >= 0.6 is 0 Å². The lowest BCUT2D eigenvalue weighted by atomic mass is 10.1. The van der Waals surface area contributed by atoms with Gasteiger partial charge in [-0.15, -0.1) is 0 Å². The smallest absolute Gasteiger partial charge is 0.253 e. The fourth-order valence-electron chi connectivity index (χ4n) is 3.46. The maximum absolute atomic E-state index is 12.5. The molecular formula is C23H27N5O2. The van der Waals surface area contributed by atoms with Gasteiger partial charge in [-0.25, -0.2) is 4.68 Å². The number of carbonyl (C=O) groups is 2. The molecule has 0 unspecified atom stereocenters. The minimum atomic E-state index is -0.302. The minimum Gasteiger partial charge on any atom is -0.355 e. The largest absolute Gasteiger partial charge is 0.355 e. The van der Waals surface area contributed by atoms with Crippen molar-refractivity contribution in [3.05, 3.63) is 71.2 Å². The van der Waals surface area contributed by atoms with Gasteiger partial charge in [0, 0.05) is 36.6 Å². The van der Waals surface area contributed by atoms with Crippen LogP contribution in [0.3, 0.4) is 0 Å². The van der Waals surface area contributed by atoms with Crippen LogP contribution < -0.4 is 10.6 Å². The summed E-state index contributed by atoms with van der Waals surface area (Å²) in [5.41, 5.74) is 3.91. The third-order valence-corrected chi connectivity index (χ3v) is 4.91. The van der Waals surface area contributed by atoms with Gasteiger partial charge in [-0.2, -0.15) is 5.10 Å². The van der Waals surface area contributed by atoms with Crippen LogP contribution in [-0.2, 0) is 4.79 Å². The first kappa shape index (κ1) is 21.1. The monoisotopic (exact) mass is 405 g/mol. The van der Waals surface area contributed by atoms with Gasteiger partial charge in [0.1, 0.15) is 5.82 Å². The van der Waals surface area contributed by atoms with E-state index in [-0.39, 0.29) is 17.9 Å². The predicted octanol–water partition coefficient (Wildman–Crippen LogP) is 3.88. The van der Waals surface area contributed by atoms with Crippen LogP contribution in [0.15, 0.2) is 48.7 Å². The maximum atomic E-state index is 12.5. The number of aryl methyl sites for hydroxylation is 1. The fourth-order valence-corrected chi connectivity index (χ4v) is 3.46. The molecule has 2 N–H and O–H groups in total. The van der Waals surface area contributed by atoms with Crippen molar-refractivity contribution in [3.63, 3.8) is 0 Å². The molecule has 2 amide bonds. The van der Waals surface area contributed by atoms with Gasteiger partial charge < -0.3 is 15.2 Å². The number of para-hydroxylation sites is 1. The Balaban J connectivity index is 1.83. The molecule has 0 aliphatic heterocycles. The van der Waals surface area contributed by atoms with Gasteiger partial charge in [-0.05, 0) is 57.5 Å². The number of rotatable bonds is 6. The van der Waals surface area contributed by atoms with Crippen LogP contribution in [0, 0.1) is 13.8 Å². The van der Waals surface area contributed by atoms with Crippen molar-refractivity contribution < 1.29 is 9.59 Å². The molecule has 0 aliphatic carbocycles. The maximum Gasteiger partial charge on any atom is 0.253 e. The van der Waals surface area contributed by atoms with E-state index in [1.165, 1.54) is 6.08 Å². The van der Waals surface area contributed by atoms with Crippen LogP contribution in [0.5, 0.6) is 0 Å². The minimum absolute atomic E-state index is 0.237. The average Bonchev–Trinajstić information content (AvgIpc) is 3.30. The average molecular weight is 406 g/mol. The van der Waals surface area contributed by atoms with Gasteiger partial charge in [-0.3, -0.25) is 9.59 Å². The van der Waals surface area contributed by atoms with Crippen molar-refractivity contribution in [2.24, 2.45) is 0 Å². The molecule has 7 nitrogen and oxygen atoms in total. The quantitative estimate of drug-likeness (QED) is 0.611. The van der Waals surface area contributed by atoms with E-state index in [1.807, 2.05) is 30.7 Å². The number of hydrogen-bond donors (Lipinski definition) is 2. The number of nitrogens with zero attached hydrogens (tertiary/aromatic N) is 3. The molecule has 7 heteroatoms. The second-order valence-corrected chi connectivity index (χ2v) is 7.34. The van der Waals surface area contributed by atoms with Crippen LogP contribution in [0.2, 0.25) is 0 Å². The normalized spacial score (nSPS) is 11.3. The lowest BCUT2D eigenvalue weighted by Gasteiger charge is -2.15. The van der Waals surface area contributed by atoms with Crippen molar-refractivity contribution in [2.45, 2.75) is 33.7 Å². The van der Waals surface area contributed by atoms with Crippen molar-refractivity contribution in [2.75, 3.05) is 12.4 Å². The molecule has 0 fully saturated rings. The molecular weight excluding hydrogens is 378 g/mol. The highest BCUT2D eigenvalue weighted by Gasteiger charge is 2.15. The fraction of sp³-hybridized carbons (Fsp3) is 0.261. The zero-order valence-corrected chi connectivity index (χ0v) is 17.9. The molecule has 0 spiro atoms. The van der Waals surface area contributed by atoms with Crippen molar-refractivity contribution in [3.8, 4) is 5.82 Å². The number of nitrogens with one attached hydrogen (secondary N) is 2. The Bertz CT molecular complexity index is 1100. The number of benzene rings is 1. The summed E-state index contributed by atoms with van der Waals surface area (Å²) in [5, 5.41) is 9.77. The summed E-state index contributed by atoms with van der Waals surface area (Å²) >= 11 is 0. The second-order valence-electron chi connectivity index (χ2n) is 7.34. The zero-order valence-electron chi connectivity index (χ0n) is 17.9. The van der Waals surface area contributed by atoms with Crippen LogP contribution in [-0.4, -0.2) is 33.2 Å². The molecule has 0 atom stereocenters. The van der Waals surface area contributed by atoms with E-state index in [0.717, 1.165) is 22.8 Å². The van der Waals surface area contributed by atoms with E-state index in [0.29, 0.717) is 11.3 Å². The van der Waals surface area contributed by atoms with Gasteiger partial charge >= 0.3 is 0 Å². The molecule has 2 aromatic heterocycles. The number of carbonyl (C=O) groups excluding carboxylic acids is 2. The molecule has 0 bridgehead atoms. The van der Waals surface area contributed by atoms with E-state index in [2.05, 4.69) is 34.1 Å². The van der Waals surface area contributed by atoms with Crippen molar-refractivity contribution in [1.82, 2.24) is 19.7 Å². The van der Waals surface area contributed by atoms with Crippen LogP contribution in [0.1, 0.15) is 47.2 Å². The molecule has 0 saturated heterocycles. The van der Waals surface area contributed by atoms with Gasteiger partial charge in [0.25, 0.3) is 5.91 Å². The Hall–Kier alpha value is -3.61. The number of aromatic nitrogens is 3. The van der Waals surface area contributed by atoms with E-state index >= 15 is 0 Å². The molecule has 1 aromatic carbocycles. The molecule has 30 heavy (non-hydrogen) atoms. The third-order valence-electron chi connectivity index (χ3n) is 4.91. The van der Waals surface area contributed by atoms with Crippen LogP contribution in [0.4, 0.5) is 5.69 Å². The standard InChI is InChI=1S/C23H27N5O2/c1-15(2)28-22(12-13-25-28)27-16(3)14-18(17(27)4)10-11-21(29)26-20-9-7-6-8-19(20)23(30)24-5/h6-15H,1-5H3,(H,24,30)(H,26,29)/b11-10+.